The Bertz CT molecular complexity index is 1420. The van der Waals surface area contributed by atoms with Gasteiger partial charge < -0.3 is 19.9 Å². The lowest BCUT2D eigenvalue weighted by Gasteiger charge is -2.19. The summed E-state index contributed by atoms with van der Waals surface area (Å²) < 4.78 is 15.7. The van der Waals surface area contributed by atoms with Crippen molar-refractivity contribution in [3.8, 4) is 22.6 Å². The number of benzene rings is 2. The van der Waals surface area contributed by atoms with Crippen LogP contribution in [-0.2, 0) is 4.79 Å². The molecule has 0 fully saturated rings. The Morgan fingerprint density at radius 1 is 1.26 bits per heavy atom. The van der Waals surface area contributed by atoms with Gasteiger partial charge in [0.15, 0.2) is 22.1 Å². The second kappa shape index (κ2) is 9.24. The van der Waals surface area contributed by atoms with Gasteiger partial charge >= 0.3 is 5.97 Å². The summed E-state index contributed by atoms with van der Waals surface area (Å²) in [7, 11) is 0. The minimum atomic E-state index is -1.02. The molecule has 4 aromatic rings. The number of anilines is 2. The van der Waals surface area contributed by atoms with E-state index in [9.17, 15) is 4.79 Å². The summed E-state index contributed by atoms with van der Waals surface area (Å²) >= 11 is 7.96. The van der Waals surface area contributed by atoms with Gasteiger partial charge in [-0.05, 0) is 42.2 Å². The molecule has 0 saturated carbocycles. The van der Waals surface area contributed by atoms with Gasteiger partial charge in [0.1, 0.15) is 30.5 Å². The number of fused-ring (bicyclic) bond motifs is 2. The van der Waals surface area contributed by atoms with Crippen LogP contribution < -0.4 is 14.8 Å². The minimum Gasteiger partial charge on any atom is -0.486 e. The Labute approximate surface area is 203 Å². The van der Waals surface area contributed by atoms with Crippen LogP contribution in [0, 0.1) is 0 Å². The average Bonchev–Trinajstić information content (AvgIpc) is 3.25. The normalized spacial score (nSPS) is 13.8. The largest absolute Gasteiger partial charge is 0.486 e. The summed E-state index contributed by atoms with van der Waals surface area (Å²) in [6, 6.07) is 10.5. The molecule has 9 nitrogen and oxygen atoms in total. The predicted molar refractivity (Wildman–Crippen MR) is 131 cm³/mol. The van der Waals surface area contributed by atoms with E-state index in [1.54, 1.807) is 0 Å². The fourth-order valence-corrected chi connectivity index (χ4v) is 4.25. The number of hydrogen-bond donors (Lipinski definition) is 2. The number of aromatic nitrogens is 3. The second-order valence-electron chi connectivity index (χ2n) is 7.42. The molecule has 0 spiro atoms. The van der Waals surface area contributed by atoms with Crippen molar-refractivity contribution >= 4 is 57.2 Å². The highest BCUT2D eigenvalue weighted by molar-refractivity contribution is 7.13. The molecule has 11 heteroatoms. The third-order valence-corrected chi connectivity index (χ3v) is 6.25. The van der Waals surface area contributed by atoms with Crippen LogP contribution in [0.2, 0.25) is 5.02 Å². The summed E-state index contributed by atoms with van der Waals surface area (Å²) in [5, 5.41) is 12.8. The Morgan fingerprint density at radius 3 is 2.91 bits per heavy atom. The number of carbonyl (C=O) groups is 1. The predicted octanol–water partition coefficient (Wildman–Crippen LogP) is 4.81. The van der Waals surface area contributed by atoms with Gasteiger partial charge in [0, 0.05) is 11.8 Å². The zero-order valence-corrected chi connectivity index (χ0v) is 19.4. The Balaban J connectivity index is 1.45. The van der Waals surface area contributed by atoms with Crippen LogP contribution in [-0.4, -0.2) is 50.9 Å². The van der Waals surface area contributed by atoms with Crippen LogP contribution in [0.25, 0.3) is 21.5 Å². The van der Waals surface area contributed by atoms with Gasteiger partial charge in [0.2, 0.25) is 0 Å². The molecule has 2 aromatic carbocycles. The number of carboxylic acid groups (broad SMARTS) is 1. The molecule has 0 saturated heterocycles. The first kappa shape index (κ1) is 22.1. The fraction of sp³-hybridized carbons (Fsp3) is 0.174. The van der Waals surface area contributed by atoms with E-state index in [1.807, 2.05) is 36.4 Å². The zero-order valence-electron chi connectivity index (χ0n) is 17.9. The van der Waals surface area contributed by atoms with Crippen molar-refractivity contribution < 1.29 is 19.4 Å². The van der Waals surface area contributed by atoms with Crippen LogP contribution in [0.15, 0.2) is 47.6 Å². The second-order valence-corrected chi connectivity index (χ2v) is 8.55. The summed E-state index contributed by atoms with van der Waals surface area (Å²) in [5.74, 6) is 0.878. The number of hydrogen-bond acceptors (Lipinski definition) is 9. The maximum Gasteiger partial charge on any atom is 0.328 e. The molecule has 0 radical (unpaired) electrons. The number of halogens is 1. The van der Waals surface area contributed by atoms with Crippen LogP contribution in [0.5, 0.6) is 11.5 Å². The van der Waals surface area contributed by atoms with Crippen molar-refractivity contribution in [3.63, 3.8) is 0 Å². The van der Waals surface area contributed by atoms with Crippen molar-refractivity contribution in [2.45, 2.75) is 13.0 Å². The first-order chi connectivity index (χ1) is 16.5. The number of carboxylic acids is 1. The summed E-state index contributed by atoms with van der Waals surface area (Å²) in [6.45, 7) is 2.52. The molecule has 3 heterocycles. The molecule has 0 amide bonds. The average molecular weight is 496 g/mol. The van der Waals surface area contributed by atoms with E-state index >= 15 is 0 Å². The van der Waals surface area contributed by atoms with Crippen LogP contribution >= 0.6 is 23.1 Å². The van der Waals surface area contributed by atoms with E-state index < -0.39 is 12.0 Å². The van der Waals surface area contributed by atoms with E-state index in [0.717, 1.165) is 11.1 Å². The first-order valence-electron chi connectivity index (χ1n) is 10.3. The topological polar surface area (TPSA) is 119 Å². The van der Waals surface area contributed by atoms with Gasteiger partial charge in [-0.25, -0.2) is 14.8 Å². The molecule has 0 bridgehead atoms. The lowest BCUT2D eigenvalue weighted by molar-refractivity contribution is -0.137. The third-order valence-electron chi connectivity index (χ3n) is 5.10. The van der Waals surface area contributed by atoms with Crippen LogP contribution in [0.3, 0.4) is 0 Å². The highest BCUT2D eigenvalue weighted by Crippen LogP contribution is 2.40. The SMILES string of the molecule is C[C@H](N=Cc1cnc2snc(Nc3cccc(-c4ccc5c(c4)OCCO5)c3Cl)c2n1)C(=O)O. The number of nitrogens with zero attached hydrogens (tertiary/aromatic N) is 4. The summed E-state index contributed by atoms with van der Waals surface area (Å²) in [5.41, 5.74) is 3.34. The Kier molecular flexibility index (Phi) is 5.99. The molecule has 172 valence electrons. The van der Waals surface area contributed by atoms with Gasteiger partial charge in [-0.3, -0.25) is 4.99 Å². The summed E-state index contributed by atoms with van der Waals surface area (Å²) in [6.07, 6.45) is 2.92. The van der Waals surface area contributed by atoms with Crippen molar-refractivity contribution in [1.29, 1.82) is 0 Å². The van der Waals surface area contributed by atoms with Crippen molar-refractivity contribution in [2.24, 2.45) is 4.99 Å². The molecule has 1 aliphatic rings. The first-order valence-corrected chi connectivity index (χ1v) is 11.5. The van der Waals surface area contributed by atoms with Gasteiger partial charge in [-0.2, -0.15) is 4.37 Å². The maximum atomic E-state index is 11.0. The maximum absolute atomic E-state index is 11.0. The molecular weight excluding hydrogens is 478 g/mol. The molecule has 34 heavy (non-hydrogen) atoms. The Morgan fingerprint density at radius 2 is 2.09 bits per heavy atom. The highest BCUT2D eigenvalue weighted by atomic mass is 35.5. The van der Waals surface area contributed by atoms with Gasteiger partial charge in [-0.1, -0.05) is 29.8 Å². The molecule has 0 unspecified atom stereocenters. The van der Waals surface area contributed by atoms with Crippen molar-refractivity contribution in [1.82, 2.24) is 14.3 Å². The molecule has 1 atom stereocenters. The van der Waals surface area contributed by atoms with E-state index in [4.69, 9.17) is 26.2 Å². The van der Waals surface area contributed by atoms with Crippen LogP contribution in [0.1, 0.15) is 12.6 Å². The molecule has 0 aliphatic carbocycles. The number of nitrogens with one attached hydrogen (secondary N) is 1. The van der Waals surface area contributed by atoms with Crippen LogP contribution in [0.4, 0.5) is 11.5 Å². The number of ether oxygens (including phenoxy) is 2. The van der Waals surface area contributed by atoms with E-state index in [2.05, 4.69) is 24.7 Å². The van der Waals surface area contributed by atoms with Gasteiger partial charge in [-0.15, -0.1) is 0 Å². The number of aliphatic carboxylic acids is 1. The smallest absolute Gasteiger partial charge is 0.328 e. The van der Waals surface area contributed by atoms with E-state index in [1.165, 1.54) is 30.9 Å². The van der Waals surface area contributed by atoms with Gasteiger partial charge in [0.05, 0.1) is 16.9 Å². The lowest BCUT2D eigenvalue weighted by atomic mass is 10.0. The van der Waals surface area contributed by atoms with Gasteiger partial charge in [0.25, 0.3) is 0 Å². The minimum absolute atomic E-state index is 0.431. The van der Waals surface area contributed by atoms with E-state index in [-0.39, 0.29) is 0 Å². The molecule has 2 aromatic heterocycles. The third kappa shape index (κ3) is 4.37. The molecule has 1 aliphatic heterocycles. The Hall–Kier alpha value is -3.76. The summed E-state index contributed by atoms with van der Waals surface area (Å²) in [4.78, 5) is 24.5. The standard InChI is InChI=1S/C23H18ClN5O4S/c1-12(23(30)31)25-10-14-11-26-22-20(27-14)21(29-34-22)28-16-4-2-3-15(19(16)24)13-5-6-17-18(9-13)33-8-7-32-17/h2-6,9-12H,7-8H2,1H3,(H,28,29)(H,30,31)/t12-/m0/s1. The van der Waals surface area contributed by atoms with E-state index in [0.29, 0.717) is 57.3 Å². The number of aliphatic imine (C=N–C) groups is 1. The molecule has 2 N–H and O–H groups in total. The number of rotatable bonds is 6. The van der Waals surface area contributed by atoms with Crippen molar-refractivity contribution in [3.05, 3.63) is 53.3 Å². The zero-order chi connectivity index (χ0) is 23.7. The quantitative estimate of drug-likeness (QED) is 0.366. The lowest BCUT2D eigenvalue weighted by Crippen LogP contribution is -2.15. The highest BCUT2D eigenvalue weighted by Gasteiger charge is 2.17. The monoisotopic (exact) mass is 495 g/mol. The fourth-order valence-electron chi connectivity index (χ4n) is 3.33. The molecular formula is C23H18ClN5O4S. The van der Waals surface area contributed by atoms with Crippen molar-refractivity contribution in [2.75, 3.05) is 18.5 Å². The molecule has 5 rings (SSSR count).